The van der Waals surface area contributed by atoms with Gasteiger partial charge in [0, 0.05) is 53.8 Å². The zero-order valence-electron chi connectivity index (χ0n) is 18.4. The minimum Gasteiger partial charge on any atom is -0.339 e. The Hall–Kier alpha value is -3.45. The number of fused-ring (bicyclic) bond motifs is 1. The predicted molar refractivity (Wildman–Crippen MR) is 129 cm³/mol. The van der Waals surface area contributed by atoms with Gasteiger partial charge in [0.1, 0.15) is 15.8 Å². The zero-order chi connectivity index (χ0) is 22.8. The standard InChI is InChI=1S/C26H24N4O2S/c1-17-28-29-25(33-17)20-7-8-21-16-27-23(14-22(21)13-20)15-24(31)18-9-11-30(12-10-18)26(32)19-5-3-2-4-6-19/h2-8,13-14,16,18H,9-12,15H2,1H3. The van der Waals surface area contributed by atoms with E-state index in [2.05, 4.69) is 21.2 Å². The second-order valence-electron chi connectivity index (χ2n) is 8.44. The Balaban J connectivity index is 1.24. The Labute approximate surface area is 196 Å². The lowest BCUT2D eigenvalue weighted by atomic mass is 9.89. The summed E-state index contributed by atoms with van der Waals surface area (Å²) >= 11 is 1.56. The van der Waals surface area contributed by atoms with Gasteiger partial charge in [0.05, 0.1) is 0 Å². The number of aryl methyl sites for hydroxylation is 1. The number of carbonyl (C=O) groups is 2. The van der Waals surface area contributed by atoms with Crippen LogP contribution in [0.15, 0.2) is 60.8 Å². The molecule has 33 heavy (non-hydrogen) atoms. The van der Waals surface area contributed by atoms with Gasteiger partial charge in [-0.15, -0.1) is 10.2 Å². The number of pyridine rings is 1. The second kappa shape index (κ2) is 9.19. The molecule has 2 aromatic heterocycles. The molecule has 1 amide bonds. The molecule has 7 heteroatoms. The number of hydrogen-bond acceptors (Lipinski definition) is 6. The molecule has 3 heterocycles. The van der Waals surface area contributed by atoms with Crippen molar-refractivity contribution in [3.05, 3.63) is 77.1 Å². The van der Waals surface area contributed by atoms with Crippen molar-refractivity contribution in [3.8, 4) is 10.6 Å². The van der Waals surface area contributed by atoms with Crippen molar-refractivity contribution >= 4 is 33.8 Å². The molecule has 1 aliphatic heterocycles. The van der Waals surface area contributed by atoms with Gasteiger partial charge in [-0.3, -0.25) is 14.6 Å². The number of ketones is 1. The third-order valence-corrected chi connectivity index (χ3v) is 7.05. The first-order valence-corrected chi connectivity index (χ1v) is 11.9. The summed E-state index contributed by atoms with van der Waals surface area (Å²) < 4.78 is 0. The fourth-order valence-electron chi connectivity index (χ4n) is 4.32. The first kappa shape index (κ1) is 21.4. The van der Waals surface area contributed by atoms with Gasteiger partial charge in [0.2, 0.25) is 0 Å². The molecule has 2 aromatic carbocycles. The molecular formula is C26H24N4O2S. The lowest BCUT2D eigenvalue weighted by Gasteiger charge is -2.31. The van der Waals surface area contributed by atoms with Gasteiger partial charge in [0.15, 0.2) is 0 Å². The van der Waals surface area contributed by atoms with Crippen LogP contribution in [0.2, 0.25) is 0 Å². The Morgan fingerprint density at radius 2 is 1.79 bits per heavy atom. The van der Waals surface area contributed by atoms with Gasteiger partial charge in [0.25, 0.3) is 5.91 Å². The van der Waals surface area contributed by atoms with Crippen LogP contribution in [-0.2, 0) is 11.2 Å². The van der Waals surface area contributed by atoms with Crippen LogP contribution in [0.3, 0.4) is 0 Å². The number of nitrogens with zero attached hydrogens (tertiary/aromatic N) is 4. The van der Waals surface area contributed by atoms with E-state index in [4.69, 9.17) is 0 Å². The van der Waals surface area contributed by atoms with Crippen molar-refractivity contribution < 1.29 is 9.59 Å². The predicted octanol–water partition coefficient (Wildman–Crippen LogP) is 4.73. The van der Waals surface area contributed by atoms with Crippen molar-refractivity contribution in [2.45, 2.75) is 26.2 Å². The summed E-state index contributed by atoms with van der Waals surface area (Å²) in [7, 11) is 0. The number of piperidine rings is 1. The molecule has 166 valence electrons. The van der Waals surface area contributed by atoms with Gasteiger partial charge >= 0.3 is 0 Å². The van der Waals surface area contributed by atoms with E-state index in [0.29, 0.717) is 37.9 Å². The van der Waals surface area contributed by atoms with Crippen molar-refractivity contribution in [1.82, 2.24) is 20.1 Å². The molecular weight excluding hydrogens is 432 g/mol. The molecule has 6 nitrogen and oxygen atoms in total. The van der Waals surface area contributed by atoms with Crippen LogP contribution in [0.25, 0.3) is 21.3 Å². The summed E-state index contributed by atoms with van der Waals surface area (Å²) in [5, 5.41) is 12.2. The molecule has 4 aromatic rings. The van der Waals surface area contributed by atoms with Gasteiger partial charge in [-0.2, -0.15) is 0 Å². The molecule has 0 unspecified atom stereocenters. The summed E-state index contributed by atoms with van der Waals surface area (Å²) in [5.74, 6) is 0.210. The van der Waals surface area contributed by atoms with E-state index in [-0.39, 0.29) is 17.6 Å². The summed E-state index contributed by atoms with van der Waals surface area (Å²) in [6.45, 7) is 3.16. The average molecular weight is 457 g/mol. The van der Waals surface area contributed by atoms with Gasteiger partial charge < -0.3 is 4.90 Å². The topological polar surface area (TPSA) is 76.1 Å². The minimum atomic E-state index is -0.0296. The van der Waals surface area contributed by atoms with Gasteiger partial charge in [-0.1, -0.05) is 41.7 Å². The third-order valence-electron chi connectivity index (χ3n) is 6.16. The minimum absolute atomic E-state index is 0.0296. The molecule has 0 N–H and O–H groups in total. The maximum Gasteiger partial charge on any atom is 0.253 e. The van der Waals surface area contributed by atoms with E-state index in [1.807, 2.05) is 66.6 Å². The Bertz CT molecular complexity index is 1310. The van der Waals surface area contributed by atoms with E-state index in [1.165, 1.54) is 0 Å². The number of rotatable bonds is 5. The van der Waals surface area contributed by atoms with E-state index < -0.39 is 0 Å². The number of hydrogen-bond donors (Lipinski definition) is 0. The molecule has 0 radical (unpaired) electrons. The first-order chi connectivity index (χ1) is 16.1. The SMILES string of the molecule is Cc1nnc(-c2ccc3cnc(CC(=O)C4CCN(C(=O)c5ccccc5)CC4)cc3c2)s1. The normalized spacial score (nSPS) is 14.5. The zero-order valence-corrected chi connectivity index (χ0v) is 19.2. The number of Topliss-reactive ketones (excluding diaryl/α,β-unsaturated/α-hetero) is 1. The number of amides is 1. The molecule has 1 saturated heterocycles. The lowest BCUT2D eigenvalue weighted by molar-refractivity contribution is -0.123. The average Bonchev–Trinajstić information content (AvgIpc) is 3.30. The molecule has 0 saturated carbocycles. The number of aromatic nitrogens is 3. The smallest absolute Gasteiger partial charge is 0.253 e. The molecule has 1 aliphatic rings. The van der Waals surface area contributed by atoms with E-state index >= 15 is 0 Å². The van der Waals surface area contributed by atoms with Crippen LogP contribution in [0.5, 0.6) is 0 Å². The fourth-order valence-corrected chi connectivity index (χ4v) is 5.01. The Morgan fingerprint density at radius 1 is 1.00 bits per heavy atom. The van der Waals surface area contributed by atoms with Crippen molar-refractivity contribution in [2.75, 3.05) is 13.1 Å². The lowest BCUT2D eigenvalue weighted by Crippen LogP contribution is -2.40. The van der Waals surface area contributed by atoms with Crippen LogP contribution in [0.1, 0.15) is 33.9 Å². The fraction of sp³-hybridized carbons (Fsp3) is 0.269. The molecule has 1 fully saturated rings. The third kappa shape index (κ3) is 4.68. The van der Waals surface area contributed by atoms with Crippen molar-refractivity contribution in [1.29, 1.82) is 0 Å². The number of carbonyl (C=O) groups excluding carboxylic acids is 2. The summed E-state index contributed by atoms with van der Waals surface area (Å²) in [6, 6.07) is 17.5. The Kier molecular flexibility index (Phi) is 5.96. The second-order valence-corrected chi connectivity index (χ2v) is 9.62. The number of benzene rings is 2. The highest BCUT2D eigenvalue weighted by atomic mass is 32.1. The van der Waals surface area contributed by atoms with Crippen LogP contribution >= 0.6 is 11.3 Å². The van der Waals surface area contributed by atoms with Crippen molar-refractivity contribution in [3.63, 3.8) is 0 Å². The highest BCUT2D eigenvalue weighted by Gasteiger charge is 2.27. The van der Waals surface area contributed by atoms with E-state index in [0.717, 1.165) is 32.0 Å². The molecule has 0 aliphatic carbocycles. The number of likely N-dealkylation sites (tertiary alicyclic amines) is 1. The quantitative estimate of drug-likeness (QED) is 0.434. The maximum absolute atomic E-state index is 13.0. The van der Waals surface area contributed by atoms with Gasteiger partial charge in [-0.25, -0.2) is 0 Å². The highest BCUT2D eigenvalue weighted by Crippen LogP contribution is 2.27. The van der Waals surface area contributed by atoms with Crippen molar-refractivity contribution in [2.24, 2.45) is 5.92 Å². The molecule has 0 bridgehead atoms. The first-order valence-electron chi connectivity index (χ1n) is 11.1. The van der Waals surface area contributed by atoms with E-state index in [9.17, 15) is 9.59 Å². The van der Waals surface area contributed by atoms with Crippen LogP contribution < -0.4 is 0 Å². The molecule has 5 rings (SSSR count). The Morgan fingerprint density at radius 3 is 2.52 bits per heavy atom. The van der Waals surface area contributed by atoms with Crippen LogP contribution in [-0.4, -0.2) is 44.9 Å². The monoisotopic (exact) mass is 456 g/mol. The van der Waals surface area contributed by atoms with Crippen LogP contribution in [0, 0.1) is 12.8 Å². The van der Waals surface area contributed by atoms with Crippen LogP contribution in [0.4, 0.5) is 0 Å². The summed E-state index contributed by atoms with van der Waals surface area (Å²) in [4.78, 5) is 32.0. The summed E-state index contributed by atoms with van der Waals surface area (Å²) in [6.07, 6.45) is 3.54. The molecule has 0 spiro atoms. The van der Waals surface area contributed by atoms with Gasteiger partial charge in [-0.05, 0) is 49.4 Å². The van der Waals surface area contributed by atoms with E-state index in [1.54, 1.807) is 11.3 Å². The molecule has 0 atom stereocenters. The largest absolute Gasteiger partial charge is 0.339 e. The maximum atomic E-state index is 13.0. The highest BCUT2D eigenvalue weighted by molar-refractivity contribution is 7.14. The summed E-state index contributed by atoms with van der Waals surface area (Å²) in [5.41, 5.74) is 2.50.